The van der Waals surface area contributed by atoms with Gasteiger partial charge in [0, 0.05) is 30.1 Å². The smallest absolute Gasteiger partial charge is 0.404 e. The first-order chi connectivity index (χ1) is 16.5. The second-order valence-electron chi connectivity index (χ2n) is 8.43. The number of piperazine rings is 1. The number of hydrogen-bond acceptors (Lipinski definition) is 5. The average Bonchev–Trinajstić information content (AvgIpc) is 3.03. The van der Waals surface area contributed by atoms with E-state index in [1.54, 1.807) is 11.0 Å². The Kier molecular flexibility index (Phi) is 9.17. The van der Waals surface area contributed by atoms with Gasteiger partial charge in [-0.1, -0.05) is 18.5 Å². The second kappa shape index (κ2) is 11.7. The van der Waals surface area contributed by atoms with E-state index in [1.165, 1.54) is 30.7 Å². The molecule has 0 saturated carbocycles. The highest BCUT2D eigenvalue weighted by Crippen LogP contribution is 2.42. The normalized spacial score (nSPS) is 19.3. The summed E-state index contributed by atoms with van der Waals surface area (Å²) in [5.41, 5.74) is 0.503. The molecule has 2 fully saturated rings. The van der Waals surface area contributed by atoms with Crippen LogP contribution in [0.2, 0.25) is 5.02 Å². The Bertz CT molecular complexity index is 1020. The van der Waals surface area contributed by atoms with Gasteiger partial charge in [0.05, 0.1) is 16.3 Å². The van der Waals surface area contributed by atoms with Crippen LogP contribution in [0.4, 0.5) is 23.2 Å². The Labute approximate surface area is 212 Å². The van der Waals surface area contributed by atoms with Gasteiger partial charge in [0.2, 0.25) is 0 Å². The zero-order chi connectivity index (χ0) is 25.8. The number of likely N-dealkylation sites (tertiary alicyclic amines) is 1. The number of carbonyl (C=O) groups is 1. The molecule has 0 aliphatic carbocycles. The third-order valence-corrected chi connectivity index (χ3v) is 6.47. The van der Waals surface area contributed by atoms with E-state index in [2.05, 4.69) is 29.6 Å². The number of rotatable bonds is 5. The fraction of sp³-hybridized carbons (Fsp3) is 0.458. The van der Waals surface area contributed by atoms with Gasteiger partial charge in [-0.25, -0.2) is 4.39 Å². The molecule has 192 valence electrons. The molecule has 0 radical (unpaired) electrons. The summed E-state index contributed by atoms with van der Waals surface area (Å²) in [5, 5.41) is 3.04. The first-order valence-electron chi connectivity index (χ1n) is 11.3. The van der Waals surface area contributed by atoms with Gasteiger partial charge in [-0.15, -0.1) is 25.8 Å². The number of amides is 1. The molecule has 35 heavy (non-hydrogen) atoms. The van der Waals surface area contributed by atoms with Gasteiger partial charge in [0.1, 0.15) is 5.82 Å². The molecule has 2 aliphatic heterocycles. The lowest BCUT2D eigenvalue weighted by Gasteiger charge is -2.43. The second-order valence-corrected chi connectivity index (χ2v) is 9.35. The standard InChI is InChI=1S/C20H17ClF4N2O2S.C4H11N/c21-16-7-11(22)1-5-15(16)19(28)26-9-12-2-3-13(10-26)27(12)17-8-14(30)4-6-18(17)29-20(23,24)25;1-3-4-5-2/h1,4-8,12-13,30H,2-3,9-10H2;5H,3-4H2,1-2H3. The van der Waals surface area contributed by atoms with Crippen molar-refractivity contribution in [2.24, 2.45) is 0 Å². The highest BCUT2D eigenvalue weighted by atomic mass is 35.5. The number of alkyl halides is 3. The Hall–Kier alpha value is -2.17. The molecule has 1 N–H and O–H groups in total. The van der Waals surface area contributed by atoms with Gasteiger partial charge >= 0.3 is 6.36 Å². The van der Waals surface area contributed by atoms with Gasteiger partial charge in [-0.3, -0.25) is 4.79 Å². The van der Waals surface area contributed by atoms with Crippen LogP contribution in [0.25, 0.3) is 0 Å². The maximum Gasteiger partial charge on any atom is 0.573 e. The van der Waals surface area contributed by atoms with E-state index >= 15 is 0 Å². The molecule has 2 unspecified atom stereocenters. The van der Waals surface area contributed by atoms with Crippen LogP contribution in [0.5, 0.6) is 5.75 Å². The maximum atomic E-state index is 13.3. The molecule has 2 atom stereocenters. The fourth-order valence-electron chi connectivity index (χ4n) is 4.46. The van der Waals surface area contributed by atoms with Crippen molar-refractivity contribution in [3.8, 4) is 5.75 Å². The van der Waals surface area contributed by atoms with E-state index in [4.69, 9.17) is 11.6 Å². The number of halogens is 5. The third kappa shape index (κ3) is 6.95. The first kappa shape index (κ1) is 27.4. The first-order valence-corrected chi connectivity index (χ1v) is 12.1. The number of anilines is 1. The van der Waals surface area contributed by atoms with Gasteiger partial charge in [0.25, 0.3) is 5.91 Å². The SMILES string of the molecule is CCCNC.O=C(c1ccc(F)cc1Cl)N1CC2CCC(C1)N2c1cc(S)ccc1OC(F)(F)F. The quantitative estimate of drug-likeness (QED) is 0.378. The summed E-state index contributed by atoms with van der Waals surface area (Å²) < 4.78 is 56.1. The molecule has 2 heterocycles. The summed E-state index contributed by atoms with van der Waals surface area (Å²) in [7, 11) is 1.96. The number of ether oxygens (including phenoxy) is 1. The lowest BCUT2D eigenvalue weighted by Crippen LogP contribution is -2.55. The number of thiol groups is 1. The summed E-state index contributed by atoms with van der Waals surface area (Å²) >= 11 is 10.3. The summed E-state index contributed by atoms with van der Waals surface area (Å²) in [5.74, 6) is -1.16. The van der Waals surface area contributed by atoms with E-state index < -0.39 is 12.2 Å². The van der Waals surface area contributed by atoms with Crippen molar-refractivity contribution >= 4 is 35.8 Å². The number of fused-ring (bicyclic) bond motifs is 2. The van der Waals surface area contributed by atoms with Gasteiger partial charge < -0.3 is 19.9 Å². The molecular formula is C24H28ClF4N3O2S. The van der Waals surface area contributed by atoms with Crippen molar-refractivity contribution in [1.82, 2.24) is 10.2 Å². The zero-order valence-corrected chi connectivity index (χ0v) is 21.1. The number of nitrogens with zero attached hydrogens (tertiary/aromatic N) is 2. The molecule has 0 spiro atoms. The van der Waals surface area contributed by atoms with Crippen LogP contribution in [-0.4, -0.2) is 55.9 Å². The van der Waals surface area contributed by atoms with Crippen molar-refractivity contribution in [3.63, 3.8) is 0 Å². The minimum atomic E-state index is -4.82. The van der Waals surface area contributed by atoms with E-state index in [-0.39, 0.29) is 34.3 Å². The molecule has 0 aromatic heterocycles. The van der Waals surface area contributed by atoms with Gasteiger partial charge in [-0.05, 0) is 69.3 Å². The van der Waals surface area contributed by atoms with Crippen LogP contribution < -0.4 is 15.0 Å². The Morgan fingerprint density at radius 1 is 1.17 bits per heavy atom. The summed E-state index contributed by atoms with van der Waals surface area (Å²) in [6.45, 7) is 3.91. The largest absolute Gasteiger partial charge is 0.573 e. The molecule has 11 heteroatoms. The van der Waals surface area contributed by atoms with Crippen LogP contribution in [0.3, 0.4) is 0 Å². The molecule has 2 aromatic rings. The predicted molar refractivity (Wildman–Crippen MR) is 131 cm³/mol. The molecule has 1 amide bonds. The Morgan fingerprint density at radius 2 is 1.83 bits per heavy atom. The predicted octanol–water partition coefficient (Wildman–Crippen LogP) is 5.78. The average molecular weight is 534 g/mol. The minimum Gasteiger partial charge on any atom is -0.404 e. The molecule has 5 nitrogen and oxygen atoms in total. The van der Waals surface area contributed by atoms with E-state index in [1.807, 2.05) is 11.9 Å². The van der Waals surface area contributed by atoms with Crippen LogP contribution in [0.1, 0.15) is 36.5 Å². The fourth-order valence-corrected chi connectivity index (χ4v) is 4.91. The lowest BCUT2D eigenvalue weighted by atomic mass is 10.1. The highest BCUT2D eigenvalue weighted by Gasteiger charge is 2.43. The zero-order valence-electron chi connectivity index (χ0n) is 19.4. The minimum absolute atomic E-state index is 0.0263. The number of nitrogens with one attached hydrogen (secondary N) is 1. The van der Waals surface area contributed by atoms with Crippen molar-refractivity contribution in [3.05, 3.63) is 52.8 Å². The lowest BCUT2D eigenvalue weighted by molar-refractivity contribution is -0.274. The van der Waals surface area contributed by atoms with E-state index in [9.17, 15) is 22.4 Å². The van der Waals surface area contributed by atoms with Crippen LogP contribution in [0, 0.1) is 5.82 Å². The van der Waals surface area contributed by atoms with Crippen molar-refractivity contribution < 1.29 is 27.1 Å². The number of carbonyl (C=O) groups excluding carboxylic acids is 1. The molecular weight excluding hydrogens is 506 g/mol. The molecule has 4 rings (SSSR count). The van der Waals surface area contributed by atoms with Crippen molar-refractivity contribution in [2.45, 2.75) is 49.5 Å². The highest BCUT2D eigenvalue weighted by molar-refractivity contribution is 7.80. The topological polar surface area (TPSA) is 44.8 Å². The Balaban J connectivity index is 0.000000623. The van der Waals surface area contributed by atoms with Gasteiger partial charge in [-0.2, -0.15) is 0 Å². The summed E-state index contributed by atoms with van der Waals surface area (Å²) in [4.78, 5) is 16.9. The molecule has 2 bridgehead atoms. The van der Waals surface area contributed by atoms with Crippen LogP contribution in [-0.2, 0) is 0 Å². The van der Waals surface area contributed by atoms with Gasteiger partial charge in [0.15, 0.2) is 5.75 Å². The molecule has 2 saturated heterocycles. The molecule has 2 aliphatic rings. The monoisotopic (exact) mass is 533 g/mol. The number of benzene rings is 2. The van der Waals surface area contributed by atoms with Crippen molar-refractivity contribution in [2.75, 3.05) is 31.6 Å². The van der Waals surface area contributed by atoms with Crippen LogP contribution in [0.15, 0.2) is 41.3 Å². The number of hydrogen-bond donors (Lipinski definition) is 2. The van der Waals surface area contributed by atoms with E-state index in [0.29, 0.717) is 36.5 Å². The molecule has 2 aromatic carbocycles. The summed E-state index contributed by atoms with van der Waals surface area (Å²) in [6, 6.07) is 7.46. The Morgan fingerprint density at radius 3 is 2.34 bits per heavy atom. The maximum absolute atomic E-state index is 13.3. The van der Waals surface area contributed by atoms with Crippen LogP contribution >= 0.6 is 24.2 Å². The van der Waals surface area contributed by atoms with E-state index in [0.717, 1.165) is 12.6 Å². The third-order valence-electron chi connectivity index (χ3n) is 5.88. The van der Waals surface area contributed by atoms with Crippen molar-refractivity contribution in [1.29, 1.82) is 0 Å². The summed E-state index contributed by atoms with van der Waals surface area (Å²) in [6.07, 6.45) is -2.15.